The number of sulfone groups is 1. The van der Waals surface area contributed by atoms with Crippen LogP contribution in [0.5, 0.6) is 5.75 Å². The van der Waals surface area contributed by atoms with Crippen LogP contribution in [0, 0.1) is 11.3 Å². The molecule has 0 radical (unpaired) electrons. The van der Waals surface area contributed by atoms with Gasteiger partial charge in [-0.1, -0.05) is 111 Å². The van der Waals surface area contributed by atoms with Crippen molar-refractivity contribution >= 4 is 21.4 Å². The Morgan fingerprint density at radius 3 is 1.87 bits per heavy atom. The Balaban J connectivity index is 0.000000196. The molecule has 3 aromatic carbocycles. The van der Waals surface area contributed by atoms with Crippen LogP contribution in [0.25, 0.3) is 0 Å². The average Bonchev–Trinajstić information content (AvgIpc) is 3.72. The summed E-state index contributed by atoms with van der Waals surface area (Å²) in [7, 11) is -2.96. The molecule has 0 fully saturated rings. The molecule has 0 aliphatic heterocycles. The molecule has 53 heavy (non-hydrogen) atoms. The lowest BCUT2D eigenvalue weighted by Gasteiger charge is -2.26. The van der Waals surface area contributed by atoms with Crippen LogP contribution in [0.3, 0.4) is 0 Å². The Bertz CT molecular complexity index is 2070. The van der Waals surface area contributed by atoms with Gasteiger partial charge in [-0.15, -0.1) is 0 Å². The van der Waals surface area contributed by atoms with Crippen LogP contribution in [-0.2, 0) is 41.9 Å². The van der Waals surface area contributed by atoms with E-state index in [9.17, 15) is 18.0 Å². The fourth-order valence-corrected chi connectivity index (χ4v) is 7.52. The van der Waals surface area contributed by atoms with Gasteiger partial charge in [-0.25, -0.2) is 8.42 Å². The van der Waals surface area contributed by atoms with Crippen LogP contribution in [0.2, 0.25) is 0 Å². The molecule has 10 heteroatoms. The summed E-state index contributed by atoms with van der Waals surface area (Å²) in [5.74, 6) is 2.71. The van der Waals surface area contributed by atoms with Gasteiger partial charge in [-0.3, -0.25) is 9.59 Å². The van der Waals surface area contributed by atoms with E-state index in [1.54, 1.807) is 0 Å². The smallest absolute Gasteiger partial charge is 0.168 e. The third kappa shape index (κ3) is 11.1. The first-order chi connectivity index (χ1) is 25.4. The Labute approximate surface area is 313 Å². The molecule has 1 atom stereocenters. The molecule has 0 N–H and O–H groups in total. The van der Waals surface area contributed by atoms with Crippen molar-refractivity contribution in [3.63, 3.8) is 0 Å². The summed E-state index contributed by atoms with van der Waals surface area (Å²) in [4.78, 5) is 25.1. The van der Waals surface area contributed by atoms with E-state index in [4.69, 9.17) is 13.8 Å². The number of Topliss-reactive ketones (excluding diaryl/α,β-unsaturated/α-hetero) is 2. The molecule has 5 aromatic rings. The van der Waals surface area contributed by atoms with Gasteiger partial charge in [0.05, 0.1) is 34.9 Å². The number of nitrogens with zero attached hydrogens (tertiary/aromatic N) is 2. The van der Waals surface area contributed by atoms with E-state index < -0.39 is 9.84 Å². The normalized spacial score (nSPS) is 16.0. The van der Waals surface area contributed by atoms with Gasteiger partial charge in [0, 0.05) is 31.9 Å². The lowest BCUT2D eigenvalue weighted by Crippen LogP contribution is -2.27. The highest BCUT2D eigenvalue weighted by atomic mass is 32.2. The summed E-state index contributed by atoms with van der Waals surface area (Å²) in [6, 6.07) is 27.9. The molecule has 0 amide bonds. The Kier molecular flexibility index (Phi) is 13.2. The number of ether oxygens (including phenoxy) is 1. The number of rotatable bonds is 11. The third-order valence-electron chi connectivity index (χ3n) is 9.26. The highest BCUT2D eigenvalue weighted by Gasteiger charge is 2.36. The van der Waals surface area contributed by atoms with Gasteiger partial charge in [0.1, 0.15) is 15.6 Å². The fraction of sp³-hybridized carbons (Fsp3) is 0.395. The second kappa shape index (κ2) is 17.8. The van der Waals surface area contributed by atoms with Crippen LogP contribution in [0.1, 0.15) is 107 Å². The van der Waals surface area contributed by atoms with Crippen molar-refractivity contribution in [3.8, 4) is 5.75 Å². The first-order valence-corrected chi connectivity index (χ1v) is 20.5. The van der Waals surface area contributed by atoms with E-state index in [-0.39, 0.29) is 22.7 Å². The second-order valence-corrected chi connectivity index (χ2v) is 16.8. The van der Waals surface area contributed by atoms with Crippen LogP contribution in [-0.4, -0.2) is 48.9 Å². The van der Waals surface area contributed by atoms with Gasteiger partial charge >= 0.3 is 0 Å². The maximum Gasteiger partial charge on any atom is 0.168 e. The molecule has 1 unspecified atom stereocenters. The van der Waals surface area contributed by atoms with E-state index in [1.807, 2.05) is 86.6 Å². The molecule has 0 saturated carbocycles. The van der Waals surface area contributed by atoms with E-state index >= 15 is 0 Å². The van der Waals surface area contributed by atoms with Crippen molar-refractivity contribution in [1.82, 2.24) is 10.3 Å². The Morgan fingerprint density at radius 2 is 1.26 bits per heavy atom. The predicted molar refractivity (Wildman–Crippen MR) is 205 cm³/mol. The van der Waals surface area contributed by atoms with Gasteiger partial charge in [0.25, 0.3) is 0 Å². The maximum atomic E-state index is 12.7. The minimum Gasteiger partial charge on any atom is -0.494 e. The van der Waals surface area contributed by atoms with Crippen molar-refractivity contribution in [1.29, 1.82) is 0 Å². The summed E-state index contributed by atoms with van der Waals surface area (Å²) in [6.45, 7) is 8.49. The lowest BCUT2D eigenvalue weighted by atomic mass is 9.75. The van der Waals surface area contributed by atoms with Crippen molar-refractivity contribution in [2.24, 2.45) is 11.3 Å². The molecular weight excluding hydrogens is 689 g/mol. The number of carbonyl (C=O) groups is 2. The number of fused-ring (bicyclic) bond motifs is 2. The molecule has 7 rings (SSSR count). The van der Waals surface area contributed by atoms with Crippen molar-refractivity contribution < 1.29 is 31.8 Å². The van der Waals surface area contributed by atoms with E-state index in [2.05, 4.69) is 36.3 Å². The highest BCUT2D eigenvalue weighted by Crippen LogP contribution is 2.36. The monoisotopic (exact) mass is 738 g/mol. The van der Waals surface area contributed by atoms with E-state index in [1.165, 1.54) is 11.8 Å². The minimum absolute atomic E-state index is 0.0751. The van der Waals surface area contributed by atoms with E-state index in [0.717, 1.165) is 47.3 Å². The van der Waals surface area contributed by atoms with Gasteiger partial charge in [0.15, 0.2) is 23.1 Å². The van der Waals surface area contributed by atoms with Crippen LogP contribution < -0.4 is 4.74 Å². The van der Waals surface area contributed by atoms with Gasteiger partial charge in [-0.05, 0) is 65.8 Å². The average molecular weight is 739 g/mol. The summed E-state index contributed by atoms with van der Waals surface area (Å²) in [6.07, 6.45) is 6.36. The minimum atomic E-state index is -2.96. The molecule has 2 aliphatic carbocycles. The largest absolute Gasteiger partial charge is 0.494 e. The van der Waals surface area contributed by atoms with E-state index in [0.29, 0.717) is 67.5 Å². The Hall–Kier alpha value is -4.83. The molecular formula is C43H50N2O7S. The lowest BCUT2D eigenvalue weighted by molar-refractivity contribution is 0.0908. The number of aromatic nitrogens is 2. The van der Waals surface area contributed by atoms with Crippen LogP contribution in [0.15, 0.2) is 94.0 Å². The highest BCUT2D eigenvalue weighted by molar-refractivity contribution is 7.90. The summed E-state index contributed by atoms with van der Waals surface area (Å²) in [5, 5.41) is 8.32. The molecule has 9 nitrogen and oxygen atoms in total. The van der Waals surface area contributed by atoms with Crippen molar-refractivity contribution in [3.05, 3.63) is 136 Å². The topological polar surface area (TPSA) is 130 Å². The summed E-state index contributed by atoms with van der Waals surface area (Å²) in [5.41, 5.74) is 6.29. The molecule has 280 valence electrons. The number of hydrogen-bond donors (Lipinski definition) is 0. The second-order valence-electron chi connectivity index (χ2n) is 14.5. The molecule has 2 aromatic heterocycles. The standard InChI is InChI=1S/C21H19NO2.C20H25NO5S.C2H6/c23-19-13-17(11-15-7-3-1-4-8-15)12-18-21(19)20(24-22-18)14-16-9-5-2-6-10-16;1-20(2)12-16-19(17(22)13-20)18(26-21-16)11-14-5-7-15(8-6-14)25-9-4-10-27(3,23)24;1-2/h1-10,17H,11-14H2;5-8H,4,9-13H2,1-3H3;1-2H3. The zero-order valence-corrected chi connectivity index (χ0v) is 32.2. The zero-order chi connectivity index (χ0) is 38.0. The number of benzene rings is 3. The number of carbonyl (C=O) groups excluding carboxylic acids is 2. The molecule has 0 bridgehead atoms. The Morgan fingerprint density at radius 1 is 0.717 bits per heavy atom. The predicted octanol–water partition coefficient (Wildman–Crippen LogP) is 8.51. The number of hydrogen-bond acceptors (Lipinski definition) is 9. The summed E-state index contributed by atoms with van der Waals surface area (Å²) < 4.78 is 38.8. The number of ketones is 2. The maximum absolute atomic E-state index is 12.7. The quantitative estimate of drug-likeness (QED) is 0.122. The van der Waals surface area contributed by atoms with Gasteiger partial charge < -0.3 is 13.8 Å². The first kappa shape index (κ1) is 39.4. The summed E-state index contributed by atoms with van der Waals surface area (Å²) >= 11 is 0. The molecule has 2 aliphatic rings. The molecule has 2 heterocycles. The SMILES string of the molecule is CC.CC1(C)CC(=O)c2c(noc2Cc2ccc(OCCCS(C)(=O)=O)cc2)C1.O=C1CC(Cc2ccccc2)Cc2noc(Cc3ccccc3)c21. The molecule has 0 spiro atoms. The van der Waals surface area contributed by atoms with Gasteiger partial charge in [-0.2, -0.15) is 0 Å². The van der Waals surface area contributed by atoms with Gasteiger partial charge in [0.2, 0.25) is 0 Å². The third-order valence-corrected chi connectivity index (χ3v) is 10.3. The van der Waals surface area contributed by atoms with Crippen molar-refractivity contribution in [2.45, 2.75) is 79.1 Å². The fourth-order valence-electron chi connectivity index (χ4n) is 6.88. The van der Waals surface area contributed by atoms with Crippen LogP contribution >= 0.6 is 0 Å². The first-order valence-electron chi connectivity index (χ1n) is 18.4. The van der Waals surface area contributed by atoms with Crippen LogP contribution in [0.4, 0.5) is 0 Å². The zero-order valence-electron chi connectivity index (χ0n) is 31.4. The van der Waals surface area contributed by atoms with Crippen molar-refractivity contribution in [2.75, 3.05) is 18.6 Å². The molecule has 0 saturated heterocycles.